The molecule has 17 heavy (non-hydrogen) atoms. The number of benzene rings is 1. The quantitative estimate of drug-likeness (QED) is 0.609. The Morgan fingerprint density at radius 1 is 1.35 bits per heavy atom. The summed E-state index contributed by atoms with van der Waals surface area (Å²) in [5, 5.41) is 0. The first-order chi connectivity index (χ1) is 7.88. The van der Waals surface area contributed by atoms with Gasteiger partial charge in [0.2, 0.25) is 0 Å². The van der Waals surface area contributed by atoms with Crippen molar-refractivity contribution in [3.05, 3.63) is 35.1 Å². The van der Waals surface area contributed by atoms with Crippen molar-refractivity contribution in [2.45, 2.75) is 12.6 Å². The molecule has 0 bridgehead atoms. The molecule has 0 heterocycles. The van der Waals surface area contributed by atoms with E-state index >= 15 is 0 Å². The van der Waals surface area contributed by atoms with E-state index in [0.29, 0.717) is 11.8 Å². The molecule has 1 nitrogen and oxygen atoms in total. The summed E-state index contributed by atoms with van der Waals surface area (Å²) in [6, 6.07) is 2.82. The molecule has 0 spiro atoms. The Bertz CT molecular complexity index is 414. The zero-order valence-electron chi connectivity index (χ0n) is 8.97. The van der Waals surface area contributed by atoms with Gasteiger partial charge in [-0.15, -0.1) is 0 Å². The smallest absolute Gasteiger partial charge is 0.294 e. The summed E-state index contributed by atoms with van der Waals surface area (Å²) in [5.74, 6) is -1.69. The van der Waals surface area contributed by atoms with Crippen LogP contribution in [0, 0.1) is 5.82 Å². The maximum atomic E-state index is 13.2. The molecule has 0 aliphatic carbocycles. The number of halogens is 4. The summed E-state index contributed by atoms with van der Waals surface area (Å²) in [5.41, 5.74) is -2.06. The summed E-state index contributed by atoms with van der Waals surface area (Å²) in [4.78, 5) is 11.5. The number of carbonyl (C=O) groups is 1. The maximum absolute atomic E-state index is 13.2. The van der Waals surface area contributed by atoms with Crippen LogP contribution in [0.25, 0.3) is 0 Å². The Labute approximate surface area is 100 Å². The van der Waals surface area contributed by atoms with Crippen molar-refractivity contribution in [3.8, 4) is 0 Å². The topological polar surface area (TPSA) is 17.1 Å². The van der Waals surface area contributed by atoms with Gasteiger partial charge in [-0.3, -0.25) is 4.79 Å². The van der Waals surface area contributed by atoms with E-state index in [-0.39, 0.29) is 6.42 Å². The van der Waals surface area contributed by atoms with Crippen LogP contribution in [0.5, 0.6) is 0 Å². The maximum Gasteiger partial charge on any atom is 0.419 e. The van der Waals surface area contributed by atoms with Crippen LogP contribution >= 0.6 is 11.8 Å². The molecule has 0 saturated heterocycles. The minimum Gasteiger partial charge on any atom is -0.294 e. The molecule has 0 radical (unpaired) electrons. The lowest BCUT2D eigenvalue weighted by molar-refractivity contribution is -0.140. The van der Waals surface area contributed by atoms with E-state index in [1.165, 1.54) is 11.8 Å². The monoisotopic (exact) mass is 266 g/mol. The number of ketones is 1. The van der Waals surface area contributed by atoms with Crippen molar-refractivity contribution >= 4 is 17.5 Å². The molecule has 0 aliphatic heterocycles. The van der Waals surface area contributed by atoms with Crippen LogP contribution in [0.15, 0.2) is 18.2 Å². The van der Waals surface area contributed by atoms with Crippen LogP contribution in [0.1, 0.15) is 22.3 Å². The number of carbonyl (C=O) groups excluding carboxylic acids is 1. The Balaban J connectivity index is 3.16. The third-order valence-electron chi connectivity index (χ3n) is 2.13. The Morgan fingerprint density at radius 2 is 2.00 bits per heavy atom. The second-order valence-corrected chi connectivity index (χ2v) is 4.31. The average Bonchev–Trinajstić information content (AvgIpc) is 2.23. The number of Topliss-reactive ketones (excluding diaryl/α,β-unsaturated/α-hetero) is 1. The predicted octanol–water partition coefficient (Wildman–Crippen LogP) is 3.78. The van der Waals surface area contributed by atoms with E-state index in [9.17, 15) is 22.4 Å². The molecular formula is C11H10F4OS. The van der Waals surface area contributed by atoms with Crippen molar-refractivity contribution in [2.24, 2.45) is 0 Å². The average molecular weight is 266 g/mol. The van der Waals surface area contributed by atoms with Crippen molar-refractivity contribution in [2.75, 3.05) is 12.0 Å². The fourth-order valence-electron chi connectivity index (χ4n) is 1.37. The lowest BCUT2D eigenvalue weighted by atomic mass is 10.0. The third kappa shape index (κ3) is 3.46. The van der Waals surface area contributed by atoms with Gasteiger partial charge in [-0.05, 0) is 12.3 Å². The second-order valence-electron chi connectivity index (χ2n) is 3.33. The van der Waals surface area contributed by atoms with Gasteiger partial charge in [0.05, 0.1) is 0 Å². The van der Waals surface area contributed by atoms with E-state index in [1.807, 2.05) is 0 Å². The highest BCUT2D eigenvalue weighted by Crippen LogP contribution is 2.34. The second kappa shape index (κ2) is 5.53. The van der Waals surface area contributed by atoms with Crippen LogP contribution in [-0.2, 0) is 6.18 Å². The van der Waals surface area contributed by atoms with Crippen LogP contribution in [0.2, 0.25) is 0 Å². The van der Waals surface area contributed by atoms with Gasteiger partial charge >= 0.3 is 6.18 Å². The fourth-order valence-corrected chi connectivity index (χ4v) is 1.76. The van der Waals surface area contributed by atoms with Gasteiger partial charge in [-0.2, -0.15) is 24.9 Å². The van der Waals surface area contributed by atoms with Gasteiger partial charge < -0.3 is 0 Å². The number of thioether (sulfide) groups is 1. The first-order valence-electron chi connectivity index (χ1n) is 4.75. The van der Waals surface area contributed by atoms with Gasteiger partial charge in [-0.25, -0.2) is 4.39 Å². The summed E-state index contributed by atoms with van der Waals surface area (Å²) in [7, 11) is 0. The highest BCUT2D eigenvalue weighted by atomic mass is 32.2. The standard InChI is InChI=1S/C11H10F4OS/c1-17-6-5-9(16)7-3-2-4-8(12)10(7)11(13,14)15/h2-4H,5-6H2,1H3. The summed E-state index contributed by atoms with van der Waals surface area (Å²) in [6.07, 6.45) is -3.15. The number of rotatable bonds is 4. The normalized spacial score (nSPS) is 11.6. The Morgan fingerprint density at radius 3 is 2.53 bits per heavy atom. The molecule has 0 fully saturated rings. The summed E-state index contributed by atoms with van der Waals surface area (Å²) >= 11 is 1.35. The molecule has 1 aromatic rings. The van der Waals surface area contributed by atoms with Crippen molar-refractivity contribution < 1.29 is 22.4 Å². The highest BCUT2D eigenvalue weighted by molar-refractivity contribution is 7.98. The molecule has 0 aliphatic rings. The van der Waals surface area contributed by atoms with E-state index in [4.69, 9.17) is 0 Å². The molecule has 6 heteroatoms. The lowest BCUT2D eigenvalue weighted by Gasteiger charge is -2.12. The van der Waals surface area contributed by atoms with E-state index in [0.717, 1.165) is 12.1 Å². The lowest BCUT2D eigenvalue weighted by Crippen LogP contribution is -2.16. The SMILES string of the molecule is CSCCC(=O)c1cccc(F)c1C(F)(F)F. The molecule has 0 atom stereocenters. The van der Waals surface area contributed by atoms with E-state index < -0.39 is 28.9 Å². The fraction of sp³-hybridized carbons (Fsp3) is 0.364. The van der Waals surface area contributed by atoms with E-state index in [2.05, 4.69) is 0 Å². The van der Waals surface area contributed by atoms with Gasteiger partial charge in [0.25, 0.3) is 0 Å². The van der Waals surface area contributed by atoms with Gasteiger partial charge in [0.1, 0.15) is 11.4 Å². The number of alkyl halides is 3. The minimum absolute atomic E-state index is 0.0340. The first-order valence-corrected chi connectivity index (χ1v) is 6.15. The molecule has 94 valence electrons. The third-order valence-corrected chi connectivity index (χ3v) is 2.74. The van der Waals surface area contributed by atoms with Gasteiger partial charge in [-0.1, -0.05) is 12.1 Å². The molecule has 0 saturated carbocycles. The molecule has 0 amide bonds. The van der Waals surface area contributed by atoms with Crippen LogP contribution in [0.3, 0.4) is 0 Å². The Kier molecular flexibility index (Phi) is 4.56. The molecule has 1 rings (SSSR count). The highest BCUT2D eigenvalue weighted by Gasteiger charge is 2.38. The number of hydrogen-bond donors (Lipinski definition) is 0. The van der Waals surface area contributed by atoms with E-state index in [1.54, 1.807) is 6.26 Å². The van der Waals surface area contributed by atoms with Gasteiger partial charge in [0, 0.05) is 17.7 Å². The largest absolute Gasteiger partial charge is 0.419 e. The Hall–Kier alpha value is -1.04. The summed E-state index contributed by atoms with van der Waals surface area (Å²) in [6.45, 7) is 0. The molecular weight excluding hydrogens is 256 g/mol. The first kappa shape index (κ1) is 14.0. The number of hydrogen-bond acceptors (Lipinski definition) is 2. The molecule has 0 aromatic heterocycles. The van der Waals surface area contributed by atoms with Crippen LogP contribution < -0.4 is 0 Å². The zero-order chi connectivity index (χ0) is 13.1. The zero-order valence-corrected chi connectivity index (χ0v) is 9.79. The van der Waals surface area contributed by atoms with Crippen LogP contribution in [-0.4, -0.2) is 17.8 Å². The van der Waals surface area contributed by atoms with Crippen molar-refractivity contribution in [1.29, 1.82) is 0 Å². The molecule has 0 N–H and O–H groups in total. The minimum atomic E-state index is -4.85. The molecule has 0 unspecified atom stereocenters. The van der Waals surface area contributed by atoms with Crippen molar-refractivity contribution in [1.82, 2.24) is 0 Å². The molecule has 1 aromatic carbocycles. The van der Waals surface area contributed by atoms with Gasteiger partial charge in [0.15, 0.2) is 5.78 Å². The predicted molar refractivity (Wildman–Crippen MR) is 58.7 cm³/mol. The summed E-state index contributed by atoms with van der Waals surface area (Å²) < 4.78 is 50.9. The van der Waals surface area contributed by atoms with Crippen LogP contribution in [0.4, 0.5) is 17.6 Å². The van der Waals surface area contributed by atoms with Crippen molar-refractivity contribution in [3.63, 3.8) is 0 Å².